The van der Waals surface area contributed by atoms with Gasteiger partial charge in [-0.25, -0.2) is 4.98 Å². The van der Waals surface area contributed by atoms with Crippen molar-refractivity contribution in [2.24, 2.45) is 5.92 Å². The van der Waals surface area contributed by atoms with Gasteiger partial charge in [0.15, 0.2) is 11.5 Å². The van der Waals surface area contributed by atoms with Crippen LogP contribution in [0.1, 0.15) is 32.6 Å². The second kappa shape index (κ2) is 6.01. The van der Waals surface area contributed by atoms with Crippen LogP contribution in [0.4, 0.5) is 0 Å². The van der Waals surface area contributed by atoms with E-state index in [1.165, 1.54) is 6.42 Å². The highest BCUT2D eigenvalue weighted by atomic mass is 16.3. The van der Waals surface area contributed by atoms with E-state index in [0.29, 0.717) is 6.04 Å². The van der Waals surface area contributed by atoms with Crippen LogP contribution in [0.25, 0.3) is 11.1 Å². The van der Waals surface area contributed by atoms with E-state index in [1.54, 1.807) is 0 Å². The number of nitrogens with one attached hydrogen (secondary N) is 1. The molecule has 0 aliphatic carbocycles. The predicted octanol–water partition coefficient (Wildman–Crippen LogP) is 3.39. The van der Waals surface area contributed by atoms with E-state index in [1.807, 2.05) is 31.3 Å². The maximum absolute atomic E-state index is 5.76. The van der Waals surface area contributed by atoms with Gasteiger partial charge in [-0.2, -0.15) is 0 Å². The van der Waals surface area contributed by atoms with E-state index < -0.39 is 0 Å². The number of rotatable bonds is 6. The van der Waals surface area contributed by atoms with Gasteiger partial charge in [0, 0.05) is 12.5 Å². The largest absolute Gasteiger partial charge is 0.441 e. The van der Waals surface area contributed by atoms with Crippen LogP contribution in [-0.4, -0.2) is 18.1 Å². The number of nitrogens with zero attached hydrogens (tertiary/aromatic N) is 1. The summed E-state index contributed by atoms with van der Waals surface area (Å²) in [6.07, 6.45) is 3.23. The van der Waals surface area contributed by atoms with Crippen LogP contribution >= 0.6 is 0 Å². The molecule has 0 bridgehead atoms. The highest BCUT2D eigenvalue weighted by Gasteiger charge is 2.14. The zero-order valence-electron chi connectivity index (χ0n) is 11.4. The molecule has 2 atom stereocenters. The molecule has 3 heteroatoms. The number of hydrogen-bond acceptors (Lipinski definition) is 3. The van der Waals surface area contributed by atoms with E-state index in [-0.39, 0.29) is 0 Å². The van der Waals surface area contributed by atoms with E-state index in [2.05, 4.69) is 24.1 Å². The Kier molecular flexibility index (Phi) is 4.37. The van der Waals surface area contributed by atoms with Crippen molar-refractivity contribution >= 4 is 11.1 Å². The van der Waals surface area contributed by atoms with Crippen LogP contribution in [0.3, 0.4) is 0 Å². The molecule has 1 aromatic heterocycles. The summed E-state index contributed by atoms with van der Waals surface area (Å²) in [5, 5.41) is 3.36. The molecule has 0 aliphatic rings. The first-order valence-corrected chi connectivity index (χ1v) is 6.74. The Balaban J connectivity index is 2.06. The molecule has 0 saturated carbocycles. The highest BCUT2D eigenvalue weighted by molar-refractivity contribution is 5.72. The van der Waals surface area contributed by atoms with Crippen molar-refractivity contribution in [3.63, 3.8) is 0 Å². The van der Waals surface area contributed by atoms with Crippen molar-refractivity contribution in [1.82, 2.24) is 10.3 Å². The SMILES string of the molecule is CCC(C)CC(Cc1nc2ccccc2o1)NC. The molecule has 0 radical (unpaired) electrons. The molecule has 1 aromatic carbocycles. The molecule has 3 nitrogen and oxygen atoms in total. The molecule has 2 rings (SSSR count). The third-order valence-corrected chi connectivity index (χ3v) is 3.55. The van der Waals surface area contributed by atoms with Gasteiger partial charge in [-0.15, -0.1) is 0 Å². The minimum atomic E-state index is 0.438. The zero-order valence-corrected chi connectivity index (χ0v) is 11.4. The summed E-state index contributed by atoms with van der Waals surface area (Å²) in [6, 6.07) is 8.36. The molecular weight excluding hydrogens is 224 g/mol. The number of para-hydroxylation sites is 2. The molecule has 0 spiro atoms. The summed E-state index contributed by atoms with van der Waals surface area (Å²) in [7, 11) is 2.01. The van der Waals surface area contributed by atoms with Crippen LogP contribution in [0.15, 0.2) is 28.7 Å². The van der Waals surface area contributed by atoms with Gasteiger partial charge in [-0.3, -0.25) is 0 Å². The second-order valence-electron chi connectivity index (χ2n) is 5.01. The average molecular weight is 246 g/mol. The average Bonchev–Trinajstić information content (AvgIpc) is 2.79. The quantitative estimate of drug-likeness (QED) is 0.849. The smallest absolute Gasteiger partial charge is 0.197 e. The molecule has 0 amide bonds. The van der Waals surface area contributed by atoms with E-state index in [4.69, 9.17) is 4.42 Å². The monoisotopic (exact) mass is 246 g/mol. The summed E-state index contributed by atoms with van der Waals surface area (Å²) in [6.45, 7) is 4.52. The lowest BCUT2D eigenvalue weighted by Gasteiger charge is -2.18. The van der Waals surface area contributed by atoms with Gasteiger partial charge in [-0.05, 0) is 31.5 Å². The van der Waals surface area contributed by atoms with Crippen LogP contribution in [0.5, 0.6) is 0 Å². The lowest BCUT2D eigenvalue weighted by molar-refractivity contribution is 0.384. The molecule has 1 N–H and O–H groups in total. The Morgan fingerprint density at radius 3 is 2.78 bits per heavy atom. The molecule has 2 unspecified atom stereocenters. The van der Waals surface area contributed by atoms with Crippen LogP contribution < -0.4 is 5.32 Å². The third kappa shape index (κ3) is 3.10. The topological polar surface area (TPSA) is 38.1 Å². The number of benzene rings is 1. The molecule has 98 valence electrons. The first-order chi connectivity index (χ1) is 8.72. The number of hydrogen-bond donors (Lipinski definition) is 1. The Morgan fingerprint density at radius 1 is 1.33 bits per heavy atom. The van der Waals surface area contributed by atoms with Gasteiger partial charge in [0.05, 0.1) is 0 Å². The molecule has 18 heavy (non-hydrogen) atoms. The van der Waals surface area contributed by atoms with Crippen molar-refractivity contribution in [3.05, 3.63) is 30.2 Å². The number of aromatic nitrogens is 1. The molecule has 1 heterocycles. The van der Waals surface area contributed by atoms with Crippen molar-refractivity contribution < 1.29 is 4.42 Å². The Hall–Kier alpha value is -1.35. The normalized spacial score (nSPS) is 14.8. The summed E-state index contributed by atoms with van der Waals surface area (Å²) in [5.41, 5.74) is 1.83. The lowest BCUT2D eigenvalue weighted by Crippen LogP contribution is -2.29. The van der Waals surface area contributed by atoms with Crippen LogP contribution in [0.2, 0.25) is 0 Å². The number of likely N-dealkylation sites (N-methyl/N-ethyl adjacent to an activating group) is 1. The fourth-order valence-corrected chi connectivity index (χ4v) is 2.17. The molecule has 2 aromatic rings. The van der Waals surface area contributed by atoms with Gasteiger partial charge in [0.1, 0.15) is 5.52 Å². The summed E-state index contributed by atoms with van der Waals surface area (Å²) < 4.78 is 5.76. The van der Waals surface area contributed by atoms with Gasteiger partial charge in [0.2, 0.25) is 0 Å². The van der Waals surface area contributed by atoms with Gasteiger partial charge < -0.3 is 9.73 Å². The Morgan fingerprint density at radius 2 is 2.11 bits per heavy atom. The highest BCUT2D eigenvalue weighted by Crippen LogP contribution is 2.18. The van der Waals surface area contributed by atoms with Gasteiger partial charge in [-0.1, -0.05) is 32.4 Å². The summed E-state index contributed by atoms with van der Waals surface area (Å²) in [5.74, 6) is 1.56. The first-order valence-electron chi connectivity index (χ1n) is 6.74. The molecule has 0 fully saturated rings. The predicted molar refractivity (Wildman–Crippen MR) is 74.6 cm³/mol. The fraction of sp³-hybridized carbons (Fsp3) is 0.533. The van der Waals surface area contributed by atoms with Crippen molar-refractivity contribution in [3.8, 4) is 0 Å². The minimum absolute atomic E-state index is 0.438. The van der Waals surface area contributed by atoms with E-state index >= 15 is 0 Å². The van der Waals surface area contributed by atoms with Crippen LogP contribution in [0, 0.1) is 5.92 Å². The van der Waals surface area contributed by atoms with Gasteiger partial charge in [0.25, 0.3) is 0 Å². The maximum Gasteiger partial charge on any atom is 0.197 e. The summed E-state index contributed by atoms with van der Waals surface area (Å²) >= 11 is 0. The second-order valence-corrected chi connectivity index (χ2v) is 5.01. The van der Waals surface area contributed by atoms with Crippen LogP contribution in [-0.2, 0) is 6.42 Å². The number of fused-ring (bicyclic) bond motifs is 1. The van der Waals surface area contributed by atoms with Gasteiger partial charge >= 0.3 is 0 Å². The van der Waals surface area contributed by atoms with E-state index in [0.717, 1.165) is 35.7 Å². The van der Waals surface area contributed by atoms with Crippen molar-refractivity contribution in [1.29, 1.82) is 0 Å². The Labute approximate surface area is 109 Å². The maximum atomic E-state index is 5.76. The minimum Gasteiger partial charge on any atom is -0.441 e. The standard InChI is InChI=1S/C15H22N2O/c1-4-11(2)9-12(16-3)10-15-17-13-7-5-6-8-14(13)18-15/h5-8,11-12,16H,4,9-10H2,1-3H3. The van der Waals surface area contributed by atoms with Crippen molar-refractivity contribution in [2.75, 3.05) is 7.05 Å². The summed E-state index contributed by atoms with van der Waals surface area (Å²) in [4.78, 5) is 4.53. The lowest BCUT2D eigenvalue weighted by atomic mass is 9.97. The number of oxazole rings is 1. The van der Waals surface area contributed by atoms with E-state index in [9.17, 15) is 0 Å². The molecular formula is C15H22N2O. The molecule has 0 aliphatic heterocycles. The molecule has 0 saturated heterocycles. The zero-order chi connectivity index (χ0) is 13.0. The third-order valence-electron chi connectivity index (χ3n) is 3.55. The fourth-order valence-electron chi connectivity index (χ4n) is 2.17. The van der Waals surface area contributed by atoms with Crippen molar-refractivity contribution in [2.45, 2.75) is 39.2 Å². The Bertz CT molecular complexity index is 459. The first kappa shape index (κ1) is 13.1.